The van der Waals surface area contributed by atoms with Crippen LogP contribution in [0.4, 0.5) is 8.78 Å². The van der Waals surface area contributed by atoms with Gasteiger partial charge in [0.25, 0.3) is 0 Å². The molecule has 37 heavy (non-hydrogen) atoms. The van der Waals surface area contributed by atoms with Crippen LogP contribution in [0, 0.1) is 17.7 Å². The number of carbonyl (C=O) groups is 1. The number of alkyl halides is 1. The third-order valence-electron chi connectivity index (χ3n) is 7.10. The van der Waals surface area contributed by atoms with Crippen molar-refractivity contribution in [3.63, 3.8) is 0 Å². The lowest BCUT2D eigenvalue weighted by atomic mass is 9.91. The summed E-state index contributed by atoms with van der Waals surface area (Å²) in [6, 6.07) is 13.0. The van der Waals surface area contributed by atoms with Crippen LogP contribution in [0.15, 0.2) is 55.0 Å². The van der Waals surface area contributed by atoms with Crippen molar-refractivity contribution in [2.75, 3.05) is 13.8 Å². The number of rotatable bonds is 4. The van der Waals surface area contributed by atoms with Gasteiger partial charge >= 0.3 is 0 Å². The summed E-state index contributed by atoms with van der Waals surface area (Å²) < 4.78 is 30.1. The van der Waals surface area contributed by atoms with E-state index >= 15 is 0 Å². The van der Waals surface area contributed by atoms with Crippen LogP contribution in [-0.4, -0.2) is 35.8 Å². The average Bonchev–Trinajstić information content (AvgIpc) is 3.68. The Bertz CT molecular complexity index is 1120. The largest absolute Gasteiger partial charge is 0.493 e. The maximum atomic E-state index is 13.0. The molecule has 2 saturated carbocycles. The molecule has 2 fully saturated rings. The molecule has 4 atom stereocenters. The van der Waals surface area contributed by atoms with Crippen LogP contribution in [0.5, 0.6) is 5.75 Å². The molecule has 0 saturated heterocycles. The summed E-state index contributed by atoms with van der Waals surface area (Å²) in [7, 11) is 0.500. The van der Waals surface area contributed by atoms with Gasteiger partial charge in [-0.3, -0.25) is 9.18 Å². The number of hydrogen-bond acceptors (Lipinski definition) is 3. The molecule has 1 amide bonds. The molecule has 2 aromatic carbocycles. The second kappa shape index (κ2) is 14.1. The quantitative estimate of drug-likeness (QED) is 0.367. The first kappa shape index (κ1) is 28.6. The van der Waals surface area contributed by atoms with Gasteiger partial charge in [-0.25, -0.2) is 9.37 Å². The molecule has 1 N–H and O–H groups in total. The molecular formula is C29H36ClF2N3O2. The van der Waals surface area contributed by atoms with Gasteiger partial charge < -0.3 is 14.6 Å². The Kier molecular flexibility index (Phi) is 10.9. The topological polar surface area (TPSA) is 56.1 Å². The number of fused-ring (bicyclic) bond motifs is 3. The van der Waals surface area contributed by atoms with Crippen molar-refractivity contribution in [3.8, 4) is 17.0 Å². The summed E-state index contributed by atoms with van der Waals surface area (Å²) in [5.41, 5.74) is 3.05. The number of aryl methyl sites for hydroxylation is 1. The van der Waals surface area contributed by atoms with Crippen molar-refractivity contribution < 1.29 is 18.3 Å². The van der Waals surface area contributed by atoms with Crippen LogP contribution in [-0.2, 0) is 11.2 Å². The van der Waals surface area contributed by atoms with Gasteiger partial charge in [-0.15, -0.1) is 0 Å². The number of carbonyl (C=O) groups excluding carboxylic acids is 1. The van der Waals surface area contributed by atoms with Crippen molar-refractivity contribution in [2.45, 2.75) is 58.0 Å². The predicted molar refractivity (Wildman–Crippen MR) is 144 cm³/mol. The van der Waals surface area contributed by atoms with E-state index < -0.39 is 0 Å². The Morgan fingerprint density at radius 1 is 1.08 bits per heavy atom. The van der Waals surface area contributed by atoms with Gasteiger partial charge in [-0.2, -0.15) is 0 Å². The fraction of sp³-hybridized carbons (Fsp3) is 0.448. The molecule has 2 bridgehead atoms. The maximum absolute atomic E-state index is 13.0. The van der Waals surface area contributed by atoms with E-state index in [0.29, 0.717) is 31.1 Å². The Morgan fingerprint density at radius 2 is 1.84 bits per heavy atom. The van der Waals surface area contributed by atoms with Gasteiger partial charge in [0.2, 0.25) is 6.41 Å². The van der Waals surface area contributed by atoms with Crippen LogP contribution in [0.2, 0.25) is 5.02 Å². The zero-order valence-corrected chi connectivity index (χ0v) is 22.4. The zero-order chi connectivity index (χ0) is 26.8. The number of halogens is 3. The SMILES string of the molecule is CC.CF.Clc1ccc2c(c1)CCCO2.O=CNC1CC2CC1CC2n1cnc(-c2ccc(F)cc2)c1. The van der Waals surface area contributed by atoms with Gasteiger partial charge in [0, 0.05) is 28.9 Å². The standard InChI is InChI=1S/C17H18FN3O.C9H9ClO.C2H6.CH3F/c18-14-3-1-11(2-4-14)16-8-21(9-19-16)17-7-12-5-13(17)6-15(12)20-10-22;10-8-3-4-9-7(6-8)2-1-5-11-9;2*1-2/h1-4,8-10,12-13,15,17H,5-7H2,(H,20,22);3-4,6H,1-2,5H2;1-2H3;1H3. The Morgan fingerprint density at radius 3 is 2.51 bits per heavy atom. The highest BCUT2D eigenvalue weighted by molar-refractivity contribution is 6.30. The summed E-state index contributed by atoms with van der Waals surface area (Å²) >= 11 is 5.82. The Labute approximate surface area is 223 Å². The van der Waals surface area contributed by atoms with E-state index in [2.05, 4.69) is 21.1 Å². The van der Waals surface area contributed by atoms with Crippen LogP contribution >= 0.6 is 11.6 Å². The third kappa shape index (κ3) is 7.10. The first-order valence-electron chi connectivity index (χ1n) is 12.9. The molecule has 1 aliphatic heterocycles. The van der Waals surface area contributed by atoms with E-state index in [4.69, 9.17) is 16.3 Å². The van der Waals surface area contributed by atoms with Crippen LogP contribution < -0.4 is 10.1 Å². The number of hydrogen-bond donors (Lipinski definition) is 1. The molecule has 3 aromatic rings. The second-order valence-corrected chi connectivity index (χ2v) is 9.54. The molecule has 0 radical (unpaired) electrons. The van der Waals surface area contributed by atoms with Crippen molar-refractivity contribution in [1.29, 1.82) is 0 Å². The molecule has 200 valence electrons. The number of imidazole rings is 1. The van der Waals surface area contributed by atoms with Crippen LogP contribution in [0.3, 0.4) is 0 Å². The minimum atomic E-state index is -0.231. The number of amides is 1. The van der Waals surface area contributed by atoms with Crippen molar-refractivity contribution >= 4 is 18.0 Å². The first-order chi connectivity index (χ1) is 18.1. The van der Waals surface area contributed by atoms with E-state index in [1.165, 1.54) is 24.1 Å². The molecule has 0 spiro atoms. The van der Waals surface area contributed by atoms with Crippen LogP contribution in [0.25, 0.3) is 11.3 Å². The highest BCUT2D eigenvalue weighted by Crippen LogP contribution is 2.50. The van der Waals surface area contributed by atoms with Gasteiger partial charge in [0.1, 0.15) is 11.6 Å². The molecule has 2 aliphatic carbocycles. The maximum Gasteiger partial charge on any atom is 0.207 e. The number of nitrogens with zero attached hydrogens (tertiary/aromatic N) is 2. The third-order valence-corrected chi connectivity index (χ3v) is 7.33. The molecule has 3 aliphatic rings. The van der Waals surface area contributed by atoms with Crippen molar-refractivity contribution in [1.82, 2.24) is 14.9 Å². The smallest absolute Gasteiger partial charge is 0.207 e. The van der Waals surface area contributed by atoms with E-state index in [1.54, 1.807) is 12.1 Å². The number of benzene rings is 2. The lowest BCUT2D eigenvalue weighted by molar-refractivity contribution is -0.110. The van der Waals surface area contributed by atoms with E-state index in [9.17, 15) is 13.6 Å². The minimum absolute atomic E-state index is 0.231. The van der Waals surface area contributed by atoms with E-state index in [1.807, 2.05) is 38.4 Å². The van der Waals surface area contributed by atoms with E-state index in [-0.39, 0.29) is 5.82 Å². The first-order valence-corrected chi connectivity index (χ1v) is 13.3. The average molecular weight is 532 g/mol. The molecule has 8 heteroatoms. The molecule has 5 nitrogen and oxygen atoms in total. The normalized spacial score (nSPS) is 22.5. The fourth-order valence-corrected chi connectivity index (χ4v) is 5.71. The van der Waals surface area contributed by atoms with Gasteiger partial charge in [0.15, 0.2) is 0 Å². The summed E-state index contributed by atoms with van der Waals surface area (Å²) in [5.74, 6) is 1.96. The van der Waals surface area contributed by atoms with Crippen LogP contribution in [0.1, 0.15) is 51.1 Å². The summed E-state index contributed by atoms with van der Waals surface area (Å²) in [4.78, 5) is 15.1. The predicted octanol–water partition coefficient (Wildman–Crippen LogP) is 7.05. The van der Waals surface area contributed by atoms with Crippen molar-refractivity contribution in [2.24, 2.45) is 11.8 Å². The van der Waals surface area contributed by atoms with Gasteiger partial charge in [-0.05, 0) is 92.0 Å². The number of aromatic nitrogens is 2. The van der Waals surface area contributed by atoms with E-state index in [0.717, 1.165) is 60.7 Å². The molecular weight excluding hydrogens is 496 g/mol. The minimum Gasteiger partial charge on any atom is -0.493 e. The lowest BCUT2D eigenvalue weighted by Gasteiger charge is -2.28. The molecule has 2 heterocycles. The van der Waals surface area contributed by atoms with Gasteiger partial charge in [-0.1, -0.05) is 25.4 Å². The fourth-order valence-electron chi connectivity index (χ4n) is 5.52. The monoisotopic (exact) mass is 531 g/mol. The van der Waals surface area contributed by atoms with Crippen molar-refractivity contribution in [3.05, 3.63) is 71.4 Å². The summed E-state index contributed by atoms with van der Waals surface area (Å²) in [5, 5.41) is 3.74. The lowest BCUT2D eigenvalue weighted by Crippen LogP contribution is -2.35. The van der Waals surface area contributed by atoms with Gasteiger partial charge in [0.05, 0.1) is 25.8 Å². The number of ether oxygens (including phenoxy) is 1. The Hall–Kier alpha value is -2.93. The summed E-state index contributed by atoms with van der Waals surface area (Å²) in [6.45, 7) is 4.84. The highest BCUT2D eigenvalue weighted by atomic mass is 35.5. The second-order valence-electron chi connectivity index (χ2n) is 9.10. The highest BCUT2D eigenvalue weighted by Gasteiger charge is 2.46. The number of nitrogens with one attached hydrogen (secondary N) is 1. The molecule has 6 rings (SSSR count). The zero-order valence-electron chi connectivity index (χ0n) is 21.7. The molecule has 1 aromatic heterocycles. The Balaban J connectivity index is 0.000000213. The molecule has 4 unspecified atom stereocenters. The summed E-state index contributed by atoms with van der Waals surface area (Å²) in [6.07, 6.45) is 10.3.